The molecule has 2 heterocycles. The molecule has 14 heavy (non-hydrogen) atoms. The molecule has 0 aliphatic rings. The fourth-order valence-corrected chi connectivity index (χ4v) is 1.39. The third-order valence-corrected chi connectivity index (χ3v) is 2.16. The Balaban J connectivity index is 2.28. The second-order valence-electron chi connectivity index (χ2n) is 3.03. The number of hydrogen-bond acceptors (Lipinski definition) is 3. The summed E-state index contributed by atoms with van der Waals surface area (Å²) in [5.41, 5.74) is 6.68. The van der Waals surface area contributed by atoms with Gasteiger partial charge in [0.15, 0.2) is 5.22 Å². The maximum atomic E-state index is 5.91. The Kier molecular flexibility index (Phi) is 2.31. The molecular formula is C9H10ClN3O. The molecule has 1 unspecified atom stereocenters. The highest BCUT2D eigenvalue weighted by molar-refractivity contribution is 6.28. The standard InChI is InChI=1S/C9H10ClN3O/c1-13-5-4-6(12-13)9(11)7-2-3-8(10)14-7/h2-5,9H,11H2,1H3. The van der Waals surface area contributed by atoms with Crippen LogP contribution in [0.5, 0.6) is 0 Å². The Hall–Kier alpha value is -1.26. The van der Waals surface area contributed by atoms with E-state index in [1.807, 2.05) is 19.3 Å². The first-order valence-electron chi connectivity index (χ1n) is 4.17. The molecule has 2 rings (SSSR count). The molecule has 0 saturated heterocycles. The van der Waals surface area contributed by atoms with E-state index in [4.69, 9.17) is 21.8 Å². The van der Waals surface area contributed by atoms with Crippen molar-refractivity contribution in [2.45, 2.75) is 6.04 Å². The molecule has 2 aromatic heterocycles. The third kappa shape index (κ3) is 1.66. The van der Waals surface area contributed by atoms with E-state index < -0.39 is 0 Å². The lowest BCUT2D eigenvalue weighted by Crippen LogP contribution is -2.11. The van der Waals surface area contributed by atoms with Crippen LogP contribution < -0.4 is 5.73 Å². The van der Waals surface area contributed by atoms with Crippen molar-refractivity contribution in [2.75, 3.05) is 0 Å². The molecular weight excluding hydrogens is 202 g/mol. The molecule has 0 aliphatic heterocycles. The second-order valence-corrected chi connectivity index (χ2v) is 3.41. The molecule has 0 radical (unpaired) electrons. The fraction of sp³-hybridized carbons (Fsp3) is 0.222. The molecule has 0 aromatic carbocycles. The van der Waals surface area contributed by atoms with Crippen LogP contribution in [0.25, 0.3) is 0 Å². The normalized spacial score (nSPS) is 13.1. The van der Waals surface area contributed by atoms with Gasteiger partial charge in [0, 0.05) is 13.2 Å². The van der Waals surface area contributed by atoms with Crippen molar-refractivity contribution in [3.63, 3.8) is 0 Å². The lowest BCUT2D eigenvalue weighted by molar-refractivity contribution is 0.486. The Morgan fingerprint density at radius 3 is 2.79 bits per heavy atom. The number of halogens is 1. The van der Waals surface area contributed by atoms with Crippen LogP contribution in [-0.2, 0) is 7.05 Å². The van der Waals surface area contributed by atoms with Gasteiger partial charge < -0.3 is 10.2 Å². The van der Waals surface area contributed by atoms with Crippen molar-refractivity contribution in [2.24, 2.45) is 12.8 Å². The van der Waals surface area contributed by atoms with Gasteiger partial charge in [0.2, 0.25) is 0 Å². The number of aryl methyl sites for hydroxylation is 1. The zero-order valence-electron chi connectivity index (χ0n) is 7.64. The Bertz CT molecular complexity index is 394. The van der Waals surface area contributed by atoms with Crippen molar-refractivity contribution < 1.29 is 4.42 Å². The van der Waals surface area contributed by atoms with Gasteiger partial charge in [-0.05, 0) is 29.8 Å². The van der Waals surface area contributed by atoms with Gasteiger partial charge in [-0.15, -0.1) is 0 Å². The first kappa shape index (κ1) is 9.30. The third-order valence-electron chi connectivity index (χ3n) is 1.95. The largest absolute Gasteiger partial charge is 0.448 e. The average Bonchev–Trinajstić information content (AvgIpc) is 2.73. The molecule has 1 atom stereocenters. The van der Waals surface area contributed by atoms with Gasteiger partial charge in [-0.25, -0.2) is 0 Å². The minimum atomic E-state index is -0.358. The summed E-state index contributed by atoms with van der Waals surface area (Å²) in [6, 6.07) is 4.91. The fourth-order valence-electron chi connectivity index (χ4n) is 1.24. The van der Waals surface area contributed by atoms with E-state index >= 15 is 0 Å². The van der Waals surface area contributed by atoms with Crippen LogP contribution in [-0.4, -0.2) is 9.78 Å². The lowest BCUT2D eigenvalue weighted by Gasteiger charge is -2.03. The predicted octanol–water partition coefficient (Wildman–Crippen LogP) is 1.71. The van der Waals surface area contributed by atoms with E-state index in [2.05, 4.69) is 5.10 Å². The van der Waals surface area contributed by atoms with E-state index in [1.54, 1.807) is 16.8 Å². The summed E-state index contributed by atoms with van der Waals surface area (Å²) in [5, 5.41) is 4.52. The van der Waals surface area contributed by atoms with E-state index in [0.29, 0.717) is 11.0 Å². The summed E-state index contributed by atoms with van der Waals surface area (Å²) in [7, 11) is 1.84. The smallest absolute Gasteiger partial charge is 0.193 e. The number of aromatic nitrogens is 2. The number of furan rings is 1. The highest BCUT2D eigenvalue weighted by Gasteiger charge is 2.15. The van der Waals surface area contributed by atoms with Gasteiger partial charge in [-0.3, -0.25) is 4.68 Å². The highest BCUT2D eigenvalue weighted by atomic mass is 35.5. The van der Waals surface area contributed by atoms with Crippen LogP contribution in [0.1, 0.15) is 17.5 Å². The van der Waals surface area contributed by atoms with Gasteiger partial charge in [-0.1, -0.05) is 0 Å². The molecule has 0 fully saturated rings. The molecule has 0 amide bonds. The van der Waals surface area contributed by atoms with E-state index in [-0.39, 0.29) is 6.04 Å². The summed E-state index contributed by atoms with van der Waals surface area (Å²) in [5.74, 6) is 0.619. The molecule has 74 valence electrons. The van der Waals surface area contributed by atoms with E-state index in [1.165, 1.54) is 0 Å². The van der Waals surface area contributed by atoms with Crippen molar-refractivity contribution in [3.05, 3.63) is 41.1 Å². The number of hydrogen-bond donors (Lipinski definition) is 1. The number of nitrogens with two attached hydrogens (primary N) is 1. The first-order valence-corrected chi connectivity index (χ1v) is 4.55. The molecule has 0 saturated carbocycles. The van der Waals surface area contributed by atoms with Crippen LogP contribution in [0, 0.1) is 0 Å². The maximum absolute atomic E-state index is 5.91. The Labute approximate surface area is 86.3 Å². The summed E-state index contributed by atoms with van der Waals surface area (Å²) >= 11 is 5.65. The minimum Gasteiger partial charge on any atom is -0.448 e. The summed E-state index contributed by atoms with van der Waals surface area (Å²) in [6.07, 6.45) is 1.83. The van der Waals surface area contributed by atoms with Gasteiger partial charge >= 0.3 is 0 Å². The van der Waals surface area contributed by atoms with Crippen molar-refractivity contribution in [3.8, 4) is 0 Å². The van der Waals surface area contributed by atoms with Gasteiger partial charge in [0.05, 0.1) is 5.69 Å². The van der Waals surface area contributed by atoms with Crippen LogP contribution >= 0.6 is 11.6 Å². The van der Waals surface area contributed by atoms with Crippen molar-refractivity contribution >= 4 is 11.6 Å². The monoisotopic (exact) mass is 211 g/mol. The van der Waals surface area contributed by atoms with Crippen LogP contribution in [0.3, 0.4) is 0 Å². The Morgan fingerprint density at radius 1 is 1.50 bits per heavy atom. The minimum absolute atomic E-state index is 0.339. The summed E-state index contributed by atoms with van der Waals surface area (Å²) < 4.78 is 6.89. The van der Waals surface area contributed by atoms with E-state index in [0.717, 1.165) is 5.69 Å². The number of nitrogens with zero attached hydrogens (tertiary/aromatic N) is 2. The first-order chi connectivity index (χ1) is 6.66. The average molecular weight is 212 g/mol. The highest BCUT2D eigenvalue weighted by Crippen LogP contribution is 2.22. The van der Waals surface area contributed by atoms with Gasteiger partial charge in [0.1, 0.15) is 11.8 Å². The van der Waals surface area contributed by atoms with Crippen molar-refractivity contribution in [1.29, 1.82) is 0 Å². The molecule has 4 nitrogen and oxygen atoms in total. The quantitative estimate of drug-likeness (QED) is 0.823. The molecule has 0 spiro atoms. The molecule has 0 aliphatic carbocycles. The SMILES string of the molecule is Cn1ccc(C(N)c2ccc(Cl)o2)n1. The maximum Gasteiger partial charge on any atom is 0.193 e. The van der Waals surface area contributed by atoms with E-state index in [9.17, 15) is 0 Å². The predicted molar refractivity (Wildman–Crippen MR) is 53.0 cm³/mol. The van der Waals surface area contributed by atoms with Crippen molar-refractivity contribution in [1.82, 2.24) is 9.78 Å². The zero-order valence-corrected chi connectivity index (χ0v) is 8.40. The molecule has 2 aromatic rings. The Morgan fingerprint density at radius 2 is 2.29 bits per heavy atom. The second kappa shape index (κ2) is 3.48. The lowest BCUT2D eigenvalue weighted by atomic mass is 10.2. The molecule has 2 N–H and O–H groups in total. The van der Waals surface area contributed by atoms with Crippen LogP contribution in [0.4, 0.5) is 0 Å². The molecule has 5 heteroatoms. The van der Waals surface area contributed by atoms with Gasteiger partial charge in [-0.2, -0.15) is 5.10 Å². The number of rotatable bonds is 2. The topological polar surface area (TPSA) is 57.0 Å². The summed E-state index contributed by atoms with van der Waals surface area (Å²) in [6.45, 7) is 0. The summed E-state index contributed by atoms with van der Waals surface area (Å²) in [4.78, 5) is 0. The van der Waals surface area contributed by atoms with Crippen LogP contribution in [0.2, 0.25) is 5.22 Å². The van der Waals surface area contributed by atoms with Gasteiger partial charge in [0.25, 0.3) is 0 Å². The zero-order chi connectivity index (χ0) is 10.1. The molecule has 0 bridgehead atoms. The van der Waals surface area contributed by atoms with Crippen LogP contribution in [0.15, 0.2) is 28.8 Å².